The van der Waals surface area contributed by atoms with Gasteiger partial charge in [-0.2, -0.15) is 0 Å². The van der Waals surface area contributed by atoms with Crippen molar-refractivity contribution in [2.75, 3.05) is 4.72 Å². The first-order valence-corrected chi connectivity index (χ1v) is 11.7. The number of nitrogens with zero attached hydrogens (tertiary/aromatic N) is 3. The summed E-state index contributed by atoms with van der Waals surface area (Å²) in [6, 6.07) is 23.0. The molecule has 3 aromatic carbocycles. The van der Waals surface area contributed by atoms with Crippen LogP contribution in [0.2, 0.25) is 0 Å². The molecule has 0 atom stereocenters. The van der Waals surface area contributed by atoms with E-state index in [1.165, 1.54) is 12.1 Å². The predicted octanol–water partition coefficient (Wildman–Crippen LogP) is 5.30. The highest BCUT2D eigenvalue weighted by Crippen LogP contribution is 2.28. The average molecular weight is 457 g/mol. The molecule has 0 spiro atoms. The molecule has 0 saturated heterocycles. The van der Waals surface area contributed by atoms with Gasteiger partial charge in [-0.3, -0.25) is 9.12 Å². The number of para-hydroxylation sites is 1. The molecule has 0 bridgehead atoms. The van der Waals surface area contributed by atoms with Crippen LogP contribution in [0.25, 0.3) is 17.0 Å². The highest BCUT2D eigenvalue weighted by atomic mass is 32.2. The number of hydrogen-bond acceptors (Lipinski definition) is 5. The summed E-state index contributed by atoms with van der Waals surface area (Å²) in [5, 5.41) is 0. The Morgan fingerprint density at radius 3 is 2.42 bits per heavy atom. The van der Waals surface area contributed by atoms with Crippen LogP contribution in [0.4, 0.5) is 5.69 Å². The van der Waals surface area contributed by atoms with Crippen LogP contribution in [-0.2, 0) is 10.0 Å². The van der Waals surface area contributed by atoms with E-state index in [-0.39, 0.29) is 4.90 Å². The molecule has 5 aromatic rings. The number of sulfonamides is 1. The molecule has 0 unspecified atom stereocenters. The third-order valence-electron chi connectivity index (χ3n) is 5.13. The van der Waals surface area contributed by atoms with Crippen LogP contribution in [-0.4, -0.2) is 22.8 Å². The number of imidazole rings is 1. The molecule has 0 aliphatic heterocycles. The second-order valence-corrected chi connectivity index (χ2v) is 9.16. The van der Waals surface area contributed by atoms with Crippen LogP contribution < -0.4 is 9.46 Å². The molecule has 0 amide bonds. The van der Waals surface area contributed by atoms with Gasteiger partial charge in [0.25, 0.3) is 10.0 Å². The summed E-state index contributed by atoms with van der Waals surface area (Å²) in [7, 11) is -3.79. The molecule has 164 valence electrons. The number of aromatic nitrogens is 3. The zero-order valence-corrected chi connectivity index (χ0v) is 18.5. The maximum absolute atomic E-state index is 13.0. The Morgan fingerprint density at radius 2 is 1.67 bits per heavy atom. The van der Waals surface area contributed by atoms with Crippen LogP contribution in [0, 0.1) is 6.92 Å². The Kier molecular flexibility index (Phi) is 5.27. The third kappa shape index (κ3) is 4.42. The molecule has 1 N–H and O–H groups in total. The smallest absolute Gasteiger partial charge is 0.261 e. The van der Waals surface area contributed by atoms with Crippen LogP contribution in [0.1, 0.15) is 5.56 Å². The van der Waals surface area contributed by atoms with Gasteiger partial charge < -0.3 is 4.74 Å². The summed E-state index contributed by atoms with van der Waals surface area (Å²) < 4.78 is 36.3. The fourth-order valence-electron chi connectivity index (χ4n) is 3.38. The van der Waals surface area contributed by atoms with Crippen LogP contribution in [0.3, 0.4) is 0 Å². The molecule has 0 aliphatic rings. The van der Waals surface area contributed by atoms with E-state index in [1.807, 2.05) is 72.2 Å². The molecule has 2 aromatic heterocycles. The number of benzene rings is 3. The van der Waals surface area contributed by atoms with E-state index < -0.39 is 10.0 Å². The van der Waals surface area contributed by atoms with Crippen LogP contribution in [0.5, 0.6) is 11.5 Å². The number of aryl methyl sites for hydroxylation is 1. The van der Waals surface area contributed by atoms with Gasteiger partial charge in [0.2, 0.25) is 5.78 Å². The van der Waals surface area contributed by atoms with Crippen LogP contribution >= 0.6 is 0 Å². The van der Waals surface area contributed by atoms with Crippen molar-refractivity contribution in [3.63, 3.8) is 0 Å². The van der Waals surface area contributed by atoms with Crippen molar-refractivity contribution in [1.82, 2.24) is 14.4 Å². The maximum atomic E-state index is 13.0. The van der Waals surface area contributed by atoms with Gasteiger partial charge in [-0.1, -0.05) is 30.3 Å². The summed E-state index contributed by atoms with van der Waals surface area (Å²) in [5.74, 6) is 1.81. The molecule has 8 heteroatoms. The summed E-state index contributed by atoms with van der Waals surface area (Å²) in [4.78, 5) is 8.89. The number of ether oxygens (including phenoxy) is 1. The fourth-order valence-corrected chi connectivity index (χ4v) is 4.50. The average Bonchev–Trinajstić information content (AvgIpc) is 3.26. The number of anilines is 1. The minimum absolute atomic E-state index is 0.143. The molecule has 2 heterocycles. The summed E-state index contributed by atoms with van der Waals surface area (Å²) in [5.41, 5.74) is 2.78. The standard InChI is InChI=1S/C25H20N4O3S/c1-18-8-9-19(24-17-29-15-5-14-26-25(29)27-24)16-23(18)28-33(30,31)22-12-10-21(11-13-22)32-20-6-3-2-4-7-20/h2-17,28H,1H3. The van der Waals surface area contributed by atoms with E-state index in [0.717, 1.165) is 11.1 Å². The third-order valence-corrected chi connectivity index (χ3v) is 6.51. The Morgan fingerprint density at radius 1 is 0.909 bits per heavy atom. The van der Waals surface area contributed by atoms with Crippen molar-refractivity contribution in [2.24, 2.45) is 0 Å². The monoisotopic (exact) mass is 456 g/mol. The highest BCUT2D eigenvalue weighted by Gasteiger charge is 2.17. The van der Waals surface area contributed by atoms with E-state index in [0.29, 0.717) is 28.7 Å². The predicted molar refractivity (Wildman–Crippen MR) is 127 cm³/mol. The van der Waals surface area contributed by atoms with E-state index >= 15 is 0 Å². The lowest BCUT2D eigenvalue weighted by atomic mass is 10.1. The molecular formula is C25H20N4O3S. The van der Waals surface area contributed by atoms with E-state index in [9.17, 15) is 8.42 Å². The first kappa shape index (κ1) is 20.7. The summed E-state index contributed by atoms with van der Waals surface area (Å²) in [6.45, 7) is 1.85. The first-order valence-electron chi connectivity index (χ1n) is 10.2. The molecule has 0 fully saturated rings. The highest BCUT2D eigenvalue weighted by molar-refractivity contribution is 7.92. The zero-order chi connectivity index (χ0) is 22.8. The lowest BCUT2D eigenvalue weighted by molar-refractivity contribution is 0.482. The molecule has 7 nitrogen and oxygen atoms in total. The number of nitrogens with one attached hydrogen (secondary N) is 1. The summed E-state index contributed by atoms with van der Waals surface area (Å²) in [6.07, 6.45) is 5.40. The van der Waals surface area contributed by atoms with Crippen molar-refractivity contribution < 1.29 is 13.2 Å². The van der Waals surface area contributed by atoms with Gasteiger partial charge in [-0.25, -0.2) is 18.4 Å². The van der Waals surface area contributed by atoms with Gasteiger partial charge in [0.1, 0.15) is 11.5 Å². The topological polar surface area (TPSA) is 85.6 Å². The van der Waals surface area contributed by atoms with Crippen molar-refractivity contribution in [2.45, 2.75) is 11.8 Å². The van der Waals surface area contributed by atoms with Gasteiger partial charge in [-0.15, -0.1) is 0 Å². The summed E-state index contributed by atoms with van der Waals surface area (Å²) >= 11 is 0. The van der Waals surface area contributed by atoms with Gasteiger partial charge in [0.15, 0.2) is 0 Å². The number of rotatable bonds is 6. The van der Waals surface area contributed by atoms with Crippen molar-refractivity contribution in [3.8, 4) is 22.8 Å². The normalized spacial score (nSPS) is 11.4. The molecule has 0 aliphatic carbocycles. The van der Waals surface area contributed by atoms with Gasteiger partial charge in [0.05, 0.1) is 16.3 Å². The second-order valence-electron chi connectivity index (χ2n) is 7.47. The van der Waals surface area contributed by atoms with Gasteiger partial charge >= 0.3 is 0 Å². The van der Waals surface area contributed by atoms with Crippen molar-refractivity contribution in [1.29, 1.82) is 0 Å². The van der Waals surface area contributed by atoms with E-state index in [1.54, 1.807) is 24.4 Å². The van der Waals surface area contributed by atoms with Crippen molar-refractivity contribution >= 4 is 21.5 Å². The Hall–Kier alpha value is -4.17. The first-order chi connectivity index (χ1) is 16.0. The SMILES string of the molecule is Cc1ccc(-c2cn3cccnc3n2)cc1NS(=O)(=O)c1ccc(Oc2ccccc2)cc1. The number of hydrogen-bond donors (Lipinski definition) is 1. The van der Waals surface area contributed by atoms with E-state index in [2.05, 4.69) is 14.7 Å². The van der Waals surface area contributed by atoms with Crippen molar-refractivity contribution in [3.05, 3.63) is 103 Å². The van der Waals surface area contributed by atoms with Gasteiger partial charge in [0, 0.05) is 24.2 Å². The van der Waals surface area contributed by atoms with Crippen LogP contribution in [0.15, 0.2) is 102 Å². The molecule has 0 radical (unpaired) electrons. The lowest BCUT2D eigenvalue weighted by Crippen LogP contribution is -2.13. The minimum Gasteiger partial charge on any atom is -0.457 e. The minimum atomic E-state index is -3.79. The molecule has 5 rings (SSSR count). The Balaban J connectivity index is 1.39. The zero-order valence-electron chi connectivity index (χ0n) is 17.7. The quantitative estimate of drug-likeness (QED) is 0.375. The van der Waals surface area contributed by atoms with E-state index in [4.69, 9.17) is 4.74 Å². The number of fused-ring (bicyclic) bond motifs is 1. The largest absolute Gasteiger partial charge is 0.457 e. The molecule has 0 saturated carbocycles. The fraction of sp³-hybridized carbons (Fsp3) is 0.0400. The Bertz CT molecular complexity index is 1500. The molecular weight excluding hydrogens is 436 g/mol. The molecule has 33 heavy (non-hydrogen) atoms. The maximum Gasteiger partial charge on any atom is 0.261 e. The lowest BCUT2D eigenvalue weighted by Gasteiger charge is -2.12. The van der Waals surface area contributed by atoms with Gasteiger partial charge in [-0.05, 0) is 61.0 Å². The Labute approximate surface area is 191 Å². The second kappa shape index (κ2) is 8.40.